The molecule has 0 fully saturated rings. The van der Waals surface area contributed by atoms with Gasteiger partial charge < -0.3 is 9.92 Å². The maximum Gasteiger partial charge on any atom is 0.339 e. The van der Waals surface area contributed by atoms with Gasteiger partial charge in [-0.05, 0) is 24.3 Å². The number of amides is 1. The number of nitrogen functional groups attached to an aromatic ring is 1. The van der Waals surface area contributed by atoms with Crippen LogP contribution in [0.25, 0.3) is 0 Å². The molecule has 0 bridgehead atoms. The fourth-order valence-electron chi connectivity index (χ4n) is 2.11. The fourth-order valence-corrected chi connectivity index (χ4v) is 3.69. The van der Waals surface area contributed by atoms with Gasteiger partial charge in [0.15, 0.2) is 5.75 Å². The predicted molar refractivity (Wildman–Crippen MR) is 104 cm³/mol. The fraction of sp³-hybridized carbons (Fsp3) is 0.0588. The Hall–Kier alpha value is -3.31. The van der Waals surface area contributed by atoms with Crippen molar-refractivity contribution in [3.8, 4) is 5.75 Å². The summed E-state index contributed by atoms with van der Waals surface area (Å²) in [5.41, 5.74) is 8.17. The molecule has 0 atom stereocenters. The predicted octanol–water partition coefficient (Wildman–Crippen LogP) is 1.58. The highest BCUT2D eigenvalue weighted by molar-refractivity contribution is 7.87. The van der Waals surface area contributed by atoms with Crippen molar-refractivity contribution in [3.05, 3.63) is 65.2 Å². The summed E-state index contributed by atoms with van der Waals surface area (Å²) in [6, 6.07) is 14.2. The quantitative estimate of drug-likeness (QED) is 0.338. The lowest BCUT2D eigenvalue weighted by atomic mass is 10.2. The van der Waals surface area contributed by atoms with Crippen LogP contribution in [0.3, 0.4) is 0 Å². The van der Waals surface area contributed by atoms with Gasteiger partial charge in [0, 0.05) is 5.56 Å². The van der Waals surface area contributed by atoms with Crippen molar-refractivity contribution in [1.29, 1.82) is 0 Å². The second-order valence-electron chi connectivity index (χ2n) is 5.39. The number of rotatable bonds is 7. The van der Waals surface area contributed by atoms with Crippen molar-refractivity contribution in [2.45, 2.75) is 11.3 Å². The van der Waals surface area contributed by atoms with E-state index < -0.39 is 16.0 Å². The second-order valence-corrected chi connectivity index (χ2v) is 8.03. The van der Waals surface area contributed by atoms with Crippen LogP contribution in [0.4, 0.5) is 5.13 Å². The summed E-state index contributed by atoms with van der Waals surface area (Å²) < 4.78 is 30.0. The number of hydrogen-bond acceptors (Lipinski definition) is 9. The summed E-state index contributed by atoms with van der Waals surface area (Å²) in [5.74, 6) is -0.330. The Morgan fingerprint density at radius 1 is 1.14 bits per heavy atom. The molecular weight excluding hydrogens is 402 g/mol. The van der Waals surface area contributed by atoms with E-state index in [0.29, 0.717) is 10.6 Å². The third kappa shape index (κ3) is 5.11. The van der Waals surface area contributed by atoms with E-state index in [1.807, 2.05) is 0 Å². The minimum atomic E-state index is -3.99. The normalized spacial score (nSPS) is 11.4. The van der Waals surface area contributed by atoms with Gasteiger partial charge in [-0.25, -0.2) is 5.43 Å². The van der Waals surface area contributed by atoms with Gasteiger partial charge in [0.25, 0.3) is 0 Å². The summed E-state index contributed by atoms with van der Waals surface area (Å²) in [6.07, 6.45) is 1.27. The van der Waals surface area contributed by atoms with E-state index in [-0.39, 0.29) is 22.2 Å². The van der Waals surface area contributed by atoms with Crippen molar-refractivity contribution in [2.75, 3.05) is 5.73 Å². The van der Waals surface area contributed by atoms with Gasteiger partial charge >= 0.3 is 10.1 Å². The van der Waals surface area contributed by atoms with Crippen LogP contribution in [-0.4, -0.2) is 30.7 Å². The molecule has 0 aliphatic carbocycles. The van der Waals surface area contributed by atoms with E-state index in [0.717, 1.165) is 11.3 Å². The van der Waals surface area contributed by atoms with Gasteiger partial charge in [0.1, 0.15) is 9.90 Å². The molecule has 0 aliphatic heterocycles. The number of nitrogens with zero attached hydrogens (tertiary/aromatic N) is 3. The van der Waals surface area contributed by atoms with Crippen LogP contribution < -0.4 is 15.3 Å². The third-order valence-corrected chi connectivity index (χ3v) is 5.34. The Bertz CT molecular complexity index is 1100. The molecule has 144 valence electrons. The summed E-state index contributed by atoms with van der Waals surface area (Å²) in [5, 5.41) is 11.9. The molecule has 0 spiro atoms. The molecule has 0 saturated heterocycles. The highest BCUT2D eigenvalue weighted by atomic mass is 32.2. The minimum absolute atomic E-state index is 0.0211. The number of anilines is 1. The number of carbonyl (C=O) groups is 1. The lowest BCUT2D eigenvalue weighted by molar-refractivity contribution is -0.120. The maximum absolute atomic E-state index is 12.4. The van der Waals surface area contributed by atoms with Gasteiger partial charge in [-0.1, -0.05) is 41.7 Å². The van der Waals surface area contributed by atoms with Crippen molar-refractivity contribution >= 4 is 38.7 Å². The molecule has 9 nitrogen and oxygen atoms in total. The number of aromatic nitrogens is 2. The number of hydrazone groups is 1. The summed E-state index contributed by atoms with van der Waals surface area (Å²) in [4.78, 5) is 11.9. The van der Waals surface area contributed by atoms with Crippen molar-refractivity contribution < 1.29 is 17.4 Å². The molecule has 2 aromatic carbocycles. The molecule has 1 amide bonds. The average molecular weight is 417 g/mol. The lowest BCUT2D eigenvalue weighted by Crippen LogP contribution is -2.19. The molecule has 3 aromatic rings. The maximum atomic E-state index is 12.4. The molecular formula is C17H15N5O4S2. The monoisotopic (exact) mass is 417 g/mol. The average Bonchev–Trinajstić information content (AvgIpc) is 3.08. The molecule has 0 aliphatic rings. The molecule has 1 heterocycles. The van der Waals surface area contributed by atoms with Crippen LogP contribution >= 0.6 is 11.3 Å². The smallest absolute Gasteiger partial charge is 0.339 e. The topological polar surface area (TPSA) is 137 Å². The molecule has 0 radical (unpaired) electrons. The third-order valence-electron chi connectivity index (χ3n) is 3.34. The Morgan fingerprint density at radius 2 is 1.86 bits per heavy atom. The van der Waals surface area contributed by atoms with E-state index in [1.165, 1.54) is 24.4 Å². The zero-order valence-electron chi connectivity index (χ0n) is 14.3. The molecule has 0 unspecified atom stereocenters. The number of carbonyl (C=O) groups excluding carboxylic acids is 1. The van der Waals surface area contributed by atoms with Crippen molar-refractivity contribution in [3.63, 3.8) is 0 Å². The highest BCUT2D eigenvalue weighted by Crippen LogP contribution is 2.21. The molecule has 0 saturated carbocycles. The van der Waals surface area contributed by atoms with Gasteiger partial charge in [0.2, 0.25) is 11.0 Å². The molecule has 3 N–H and O–H groups in total. The van der Waals surface area contributed by atoms with Crippen LogP contribution in [-0.2, 0) is 21.3 Å². The van der Waals surface area contributed by atoms with Gasteiger partial charge in [-0.15, -0.1) is 10.2 Å². The first kappa shape index (κ1) is 19.5. The lowest BCUT2D eigenvalue weighted by Gasteiger charge is -2.09. The Kier molecular flexibility index (Phi) is 5.96. The Morgan fingerprint density at radius 3 is 2.57 bits per heavy atom. The second kappa shape index (κ2) is 8.59. The summed E-state index contributed by atoms with van der Waals surface area (Å²) >= 11 is 1.11. The minimum Gasteiger partial charge on any atom is -0.378 e. The SMILES string of the molecule is Nc1nnc(CC(=O)N/N=C\c2ccccc2OS(=O)(=O)c2ccccc2)s1. The van der Waals surface area contributed by atoms with E-state index in [9.17, 15) is 13.2 Å². The Balaban J connectivity index is 1.68. The van der Waals surface area contributed by atoms with E-state index in [4.69, 9.17) is 9.92 Å². The number of para-hydroxylation sites is 1. The summed E-state index contributed by atoms with van der Waals surface area (Å²) in [7, 11) is -3.99. The van der Waals surface area contributed by atoms with Crippen LogP contribution in [0.5, 0.6) is 5.75 Å². The van der Waals surface area contributed by atoms with Gasteiger partial charge in [0.05, 0.1) is 12.6 Å². The zero-order chi connectivity index (χ0) is 20.0. The first-order chi connectivity index (χ1) is 13.4. The van der Waals surface area contributed by atoms with E-state index in [2.05, 4.69) is 20.7 Å². The number of nitrogens with two attached hydrogens (primary N) is 1. The van der Waals surface area contributed by atoms with Crippen molar-refractivity contribution in [1.82, 2.24) is 15.6 Å². The molecule has 1 aromatic heterocycles. The number of benzene rings is 2. The zero-order valence-corrected chi connectivity index (χ0v) is 16.0. The number of nitrogens with one attached hydrogen (secondary N) is 1. The van der Waals surface area contributed by atoms with Crippen LogP contribution in [0.2, 0.25) is 0 Å². The van der Waals surface area contributed by atoms with Crippen LogP contribution in [0.1, 0.15) is 10.6 Å². The highest BCUT2D eigenvalue weighted by Gasteiger charge is 2.17. The van der Waals surface area contributed by atoms with E-state index in [1.54, 1.807) is 36.4 Å². The van der Waals surface area contributed by atoms with Crippen LogP contribution in [0.15, 0.2) is 64.6 Å². The molecule has 11 heteroatoms. The van der Waals surface area contributed by atoms with E-state index >= 15 is 0 Å². The molecule has 28 heavy (non-hydrogen) atoms. The van der Waals surface area contributed by atoms with Crippen LogP contribution in [0, 0.1) is 0 Å². The number of hydrogen-bond donors (Lipinski definition) is 2. The van der Waals surface area contributed by atoms with Gasteiger partial charge in [-0.3, -0.25) is 4.79 Å². The summed E-state index contributed by atoms with van der Waals surface area (Å²) in [6.45, 7) is 0. The first-order valence-corrected chi connectivity index (χ1v) is 10.1. The van der Waals surface area contributed by atoms with Gasteiger partial charge in [-0.2, -0.15) is 13.5 Å². The Labute approximate surface area is 165 Å². The molecule has 3 rings (SSSR count). The first-order valence-electron chi connectivity index (χ1n) is 7.92. The largest absolute Gasteiger partial charge is 0.378 e. The standard InChI is InChI=1S/C17H15N5O4S2/c18-17-22-21-16(27-17)10-15(23)20-19-11-12-6-4-5-9-14(12)26-28(24,25)13-7-2-1-3-8-13/h1-9,11H,10H2,(H2,18,22)(H,20,23)/b19-11-. The van der Waals surface area contributed by atoms with Crippen molar-refractivity contribution in [2.24, 2.45) is 5.10 Å².